The van der Waals surface area contributed by atoms with Crippen molar-refractivity contribution in [1.29, 1.82) is 0 Å². The van der Waals surface area contributed by atoms with Crippen molar-refractivity contribution in [2.75, 3.05) is 0 Å². The number of pyridine rings is 1. The molecular weight excluding hydrogens is 192 g/mol. The lowest BCUT2D eigenvalue weighted by molar-refractivity contribution is 0.0697. The minimum absolute atomic E-state index is 0.0531. The molecule has 0 spiro atoms. The molecule has 2 rings (SSSR count). The Morgan fingerprint density at radius 1 is 1.69 bits per heavy atom. The van der Waals surface area contributed by atoms with Gasteiger partial charge in [0, 0.05) is 6.20 Å². The molecule has 6 heteroatoms. The Morgan fingerprint density at radius 2 is 2.46 bits per heavy atom. The zero-order chi connectivity index (χ0) is 9.42. The third-order valence-electron chi connectivity index (χ3n) is 1.55. The number of carboxylic acid groups (broad SMARTS) is 1. The topological polar surface area (TPSA) is 79.1 Å². The van der Waals surface area contributed by atoms with Crippen LogP contribution >= 0.6 is 12.2 Å². The smallest absolute Gasteiger partial charge is 0.339 e. The van der Waals surface area contributed by atoms with E-state index < -0.39 is 5.97 Å². The van der Waals surface area contributed by atoms with Crippen LogP contribution in [0.3, 0.4) is 0 Å². The number of nitrogens with one attached hydrogen (secondary N) is 1. The number of H-pyrrole nitrogens is 1. The molecule has 0 aliphatic heterocycles. The molecule has 2 heterocycles. The van der Waals surface area contributed by atoms with Crippen LogP contribution in [0.25, 0.3) is 11.2 Å². The normalized spacial score (nSPS) is 10.5. The summed E-state index contributed by atoms with van der Waals surface area (Å²) in [4.78, 5) is 17.3. The van der Waals surface area contributed by atoms with Crippen LogP contribution in [-0.4, -0.2) is 21.0 Å². The molecule has 0 aliphatic rings. The third-order valence-corrected chi connectivity index (χ3v) is 1.74. The van der Waals surface area contributed by atoms with Crippen molar-refractivity contribution >= 4 is 29.4 Å². The Labute approximate surface area is 77.0 Å². The van der Waals surface area contributed by atoms with Gasteiger partial charge in [-0.3, -0.25) is 4.98 Å². The summed E-state index contributed by atoms with van der Waals surface area (Å²) in [6.45, 7) is 0. The number of oxazole rings is 1. The summed E-state index contributed by atoms with van der Waals surface area (Å²) >= 11 is 4.70. The first kappa shape index (κ1) is 7.93. The molecule has 2 aromatic rings. The fraction of sp³-hybridized carbons (Fsp3) is 0. The van der Waals surface area contributed by atoms with E-state index in [1.54, 1.807) is 0 Å². The molecule has 0 amide bonds. The highest BCUT2D eigenvalue weighted by Gasteiger charge is 2.12. The number of aromatic amines is 1. The lowest BCUT2D eigenvalue weighted by Crippen LogP contribution is -1.96. The molecule has 0 bridgehead atoms. The highest BCUT2D eigenvalue weighted by molar-refractivity contribution is 7.71. The van der Waals surface area contributed by atoms with E-state index in [9.17, 15) is 4.79 Å². The van der Waals surface area contributed by atoms with Gasteiger partial charge in [-0.25, -0.2) is 9.78 Å². The van der Waals surface area contributed by atoms with Gasteiger partial charge in [0.15, 0.2) is 11.2 Å². The summed E-state index contributed by atoms with van der Waals surface area (Å²) < 4.78 is 4.98. The van der Waals surface area contributed by atoms with Crippen molar-refractivity contribution in [3.63, 3.8) is 0 Å². The summed E-state index contributed by atoms with van der Waals surface area (Å²) in [5.74, 6) is -1.06. The van der Waals surface area contributed by atoms with E-state index in [-0.39, 0.29) is 16.0 Å². The Hall–Kier alpha value is -1.69. The maximum absolute atomic E-state index is 10.7. The summed E-state index contributed by atoms with van der Waals surface area (Å²) in [7, 11) is 0. The molecule has 2 N–H and O–H groups in total. The second kappa shape index (κ2) is 2.67. The van der Waals surface area contributed by atoms with Gasteiger partial charge >= 0.3 is 5.97 Å². The molecule has 0 fully saturated rings. The molecule has 0 atom stereocenters. The van der Waals surface area contributed by atoms with Crippen LogP contribution in [-0.2, 0) is 0 Å². The van der Waals surface area contributed by atoms with Crippen molar-refractivity contribution < 1.29 is 14.3 Å². The highest BCUT2D eigenvalue weighted by Crippen LogP contribution is 2.15. The fourth-order valence-corrected chi connectivity index (χ4v) is 1.20. The maximum atomic E-state index is 10.7. The van der Waals surface area contributed by atoms with E-state index in [4.69, 9.17) is 21.7 Å². The lowest BCUT2D eigenvalue weighted by Gasteiger charge is -1.91. The van der Waals surface area contributed by atoms with Crippen LogP contribution in [0.4, 0.5) is 0 Å². The van der Waals surface area contributed by atoms with Gasteiger partial charge in [-0.05, 0) is 18.3 Å². The van der Waals surface area contributed by atoms with E-state index in [0.29, 0.717) is 5.65 Å². The van der Waals surface area contributed by atoms with E-state index in [1.165, 1.54) is 12.3 Å². The number of fused-ring (bicyclic) bond motifs is 1. The maximum Gasteiger partial charge on any atom is 0.339 e. The second-order valence-corrected chi connectivity index (χ2v) is 2.73. The van der Waals surface area contributed by atoms with E-state index in [2.05, 4.69) is 9.97 Å². The predicted octanol–water partition coefficient (Wildman–Crippen LogP) is 1.58. The molecule has 0 aromatic carbocycles. The molecule has 66 valence electrons. The highest BCUT2D eigenvalue weighted by atomic mass is 32.1. The number of carbonyl (C=O) groups is 1. The van der Waals surface area contributed by atoms with Crippen LogP contribution < -0.4 is 0 Å². The third kappa shape index (κ3) is 1.20. The molecule has 0 radical (unpaired) electrons. The zero-order valence-electron chi connectivity index (χ0n) is 6.27. The second-order valence-electron chi connectivity index (χ2n) is 2.36. The van der Waals surface area contributed by atoms with Crippen molar-refractivity contribution in [2.24, 2.45) is 0 Å². The first-order valence-electron chi connectivity index (χ1n) is 3.39. The van der Waals surface area contributed by atoms with Gasteiger partial charge in [-0.1, -0.05) is 0 Å². The lowest BCUT2D eigenvalue weighted by atomic mass is 10.2. The SMILES string of the molecule is O=C(O)c1ccnc2[nH]c(=S)oc12. The van der Waals surface area contributed by atoms with Crippen LogP contribution in [0.5, 0.6) is 0 Å². The molecular formula is C7H4N2O3S. The molecule has 0 unspecified atom stereocenters. The molecule has 0 saturated heterocycles. The van der Waals surface area contributed by atoms with Crippen LogP contribution in [0, 0.1) is 4.84 Å². The van der Waals surface area contributed by atoms with Crippen LogP contribution in [0.1, 0.15) is 10.4 Å². The number of nitrogens with zero attached hydrogens (tertiary/aromatic N) is 1. The number of hydrogen-bond acceptors (Lipinski definition) is 4. The summed E-state index contributed by atoms with van der Waals surface area (Å²) in [6, 6.07) is 1.36. The Morgan fingerprint density at radius 3 is 3.15 bits per heavy atom. The fourth-order valence-electron chi connectivity index (χ4n) is 1.02. The van der Waals surface area contributed by atoms with Gasteiger partial charge in [0.1, 0.15) is 5.56 Å². The van der Waals surface area contributed by atoms with Crippen molar-refractivity contribution in [1.82, 2.24) is 9.97 Å². The Bertz CT molecular complexity index is 528. The average Bonchev–Trinajstić information content (AvgIpc) is 2.43. The van der Waals surface area contributed by atoms with E-state index in [0.717, 1.165) is 0 Å². The van der Waals surface area contributed by atoms with Gasteiger partial charge in [0.05, 0.1) is 0 Å². The quantitative estimate of drug-likeness (QED) is 0.677. The Kier molecular flexibility index (Phi) is 1.63. The van der Waals surface area contributed by atoms with Gasteiger partial charge in [0.25, 0.3) is 4.84 Å². The molecule has 13 heavy (non-hydrogen) atoms. The first-order chi connectivity index (χ1) is 6.18. The number of aromatic nitrogens is 2. The van der Waals surface area contributed by atoms with Crippen molar-refractivity contribution in [3.8, 4) is 0 Å². The van der Waals surface area contributed by atoms with Crippen LogP contribution in [0.15, 0.2) is 16.7 Å². The minimum atomic E-state index is -1.06. The zero-order valence-corrected chi connectivity index (χ0v) is 7.09. The Balaban J connectivity index is 2.90. The largest absolute Gasteiger partial charge is 0.478 e. The van der Waals surface area contributed by atoms with Crippen molar-refractivity contribution in [2.45, 2.75) is 0 Å². The van der Waals surface area contributed by atoms with Gasteiger partial charge in [-0.15, -0.1) is 0 Å². The number of hydrogen-bond donors (Lipinski definition) is 2. The van der Waals surface area contributed by atoms with Crippen LogP contribution in [0.2, 0.25) is 0 Å². The van der Waals surface area contributed by atoms with E-state index in [1.807, 2.05) is 0 Å². The summed E-state index contributed by atoms with van der Waals surface area (Å²) in [5.41, 5.74) is 0.585. The monoisotopic (exact) mass is 196 g/mol. The first-order valence-corrected chi connectivity index (χ1v) is 3.80. The summed E-state index contributed by atoms with van der Waals surface area (Å²) in [5, 5.41) is 8.76. The van der Waals surface area contributed by atoms with Crippen molar-refractivity contribution in [3.05, 3.63) is 22.7 Å². The van der Waals surface area contributed by atoms with E-state index >= 15 is 0 Å². The average molecular weight is 196 g/mol. The molecule has 5 nitrogen and oxygen atoms in total. The minimum Gasteiger partial charge on any atom is -0.478 e. The standard InChI is InChI=1S/C7H4N2O3S/c10-6(11)3-1-2-8-5-4(3)12-7(13)9-5/h1-2H,(H,10,11)(H,8,9,13). The molecule has 0 aliphatic carbocycles. The molecule has 0 saturated carbocycles. The number of rotatable bonds is 1. The van der Waals surface area contributed by atoms with Gasteiger partial charge < -0.3 is 9.52 Å². The summed E-state index contributed by atoms with van der Waals surface area (Å²) in [6.07, 6.45) is 1.38. The number of aromatic carboxylic acids is 1. The number of carboxylic acids is 1. The molecule has 2 aromatic heterocycles. The van der Waals surface area contributed by atoms with Gasteiger partial charge in [0.2, 0.25) is 0 Å². The van der Waals surface area contributed by atoms with Gasteiger partial charge in [-0.2, -0.15) is 0 Å². The predicted molar refractivity (Wildman–Crippen MR) is 46.2 cm³/mol.